The lowest BCUT2D eigenvalue weighted by Crippen LogP contribution is -2.55. The minimum Gasteiger partial charge on any atom is -0.479 e. The molecule has 10 nitrogen and oxygen atoms in total. The molecule has 0 saturated carbocycles. The number of hydrogen-bond acceptors (Lipinski definition) is 7. The summed E-state index contributed by atoms with van der Waals surface area (Å²) in [6.45, 7) is -6.17. The third-order valence-corrected chi connectivity index (χ3v) is 6.35. The maximum absolute atomic E-state index is 14.9. The highest BCUT2D eigenvalue weighted by Gasteiger charge is 2.45. The highest BCUT2D eigenvalue weighted by Crippen LogP contribution is 2.34. The van der Waals surface area contributed by atoms with Crippen molar-refractivity contribution in [3.8, 4) is 17.0 Å². The second-order valence-electron chi connectivity index (χ2n) is 8.64. The van der Waals surface area contributed by atoms with Crippen molar-refractivity contribution in [3.63, 3.8) is 0 Å². The first-order valence-electron chi connectivity index (χ1n) is 12.8. The molecule has 5 rings (SSSR count). The van der Waals surface area contributed by atoms with Crippen LogP contribution in [0.2, 0.25) is 0 Å². The SMILES string of the molecule is [2H]C([2H])([2H])C(=O)N1CC[C@@H](Nc2nc(OC)c3c(-c4ccc5nnn(C(CF)CF)c5c4)ccn3n2)C(F)(F)C1. The van der Waals surface area contributed by atoms with E-state index < -0.39 is 50.7 Å². The molecular weight excluding hydrogens is 496 g/mol. The van der Waals surface area contributed by atoms with Crippen LogP contribution in [0.4, 0.5) is 23.5 Å². The van der Waals surface area contributed by atoms with Gasteiger partial charge in [-0.15, -0.1) is 10.2 Å². The number of alkyl halides is 4. The number of nitrogens with zero attached hydrogens (tertiary/aromatic N) is 7. The number of halogens is 4. The van der Waals surface area contributed by atoms with Gasteiger partial charge in [-0.1, -0.05) is 11.3 Å². The second kappa shape index (κ2) is 9.48. The molecule has 4 heterocycles. The standard InChI is InChI=1S/C23H24F4N8O2/c1-13(36)33-7-6-19(23(26,27)12-33)28-22-29-21(37-2)20-16(5-8-34(20)31-22)14-3-4-17-18(9-14)35(32-30-17)15(10-24)11-25/h3-5,8-9,15,19H,6-7,10-12H2,1-2H3,(H,28,31)/t19-/m1/s1/i1D3. The van der Waals surface area contributed by atoms with E-state index in [-0.39, 0.29) is 24.8 Å². The Morgan fingerprint density at radius 2 is 2.14 bits per heavy atom. The highest BCUT2D eigenvalue weighted by molar-refractivity contribution is 5.89. The normalized spacial score (nSPS) is 19.1. The average Bonchev–Trinajstić information content (AvgIpc) is 3.53. The van der Waals surface area contributed by atoms with Gasteiger partial charge in [-0.3, -0.25) is 4.79 Å². The van der Waals surface area contributed by atoms with Crippen LogP contribution in [0.3, 0.4) is 0 Å². The number of methoxy groups -OCH3 is 1. The number of piperidine rings is 1. The topological polar surface area (TPSA) is 102 Å². The van der Waals surface area contributed by atoms with E-state index in [2.05, 4.69) is 25.7 Å². The lowest BCUT2D eigenvalue weighted by molar-refractivity contribution is -0.140. The van der Waals surface area contributed by atoms with E-state index in [0.29, 0.717) is 32.6 Å². The largest absolute Gasteiger partial charge is 0.479 e. The summed E-state index contributed by atoms with van der Waals surface area (Å²) in [6.07, 6.45) is 1.33. The van der Waals surface area contributed by atoms with Crippen LogP contribution in [0, 0.1) is 0 Å². The lowest BCUT2D eigenvalue weighted by atomic mass is 10.0. The van der Waals surface area contributed by atoms with Crippen molar-refractivity contribution >= 4 is 28.4 Å². The number of ether oxygens (including phenoxy) is 1. The minimum atomic E-state index is -3.46. The lowest BCUT2D eigenvalue weighted by Gasteiger charge is -2.38. The van der Waals surface area contributed by atoms with Gasteiger partial charge in [0, 0.05) is 29.3 Å². The van der Waals surface area contributed by atoms with E-state index in [1.807, 2.05) is 0 Å². The fourth-order valence-electron chi connectivity index (χ4n) is 4.42. The molecule has 0 unspecified atom stereocenters. The van der Waals surface area contributed by atoms with Crippen LogP contribution in [-0.4, -0.2) is 85.9 Å². The van der Waals surface area contributed by atoms with Gasteiger partial charge in [0.1, 0.15) is 30.4 Å². The predicted octanol–water partition coefficient (Wildman–Crippen LogP) is 3.30. The van der Waals surface area contributed by atoms with Crippen LogP contribution in [0.25, 0.3) is 27.7 Å². The number of benzene rings is 1. The number of carbonyl (C=O) groups excluding carboxylic acids is 1. The van der Waals surface area contributed by atoms with Gasteiger partial charge in [0.15, 0.2) is 0 Å². The molecule has 0 radical (unpaired) electrons. The first kappa shape index (κ1) is 21.1. The number of hydrogen-bond donors (Lipinski definition) is 1. The van der Waals surface area contributed by atoms with Crippen molar-refractivity contribution < 1.29 is 31.2 Å². The Hall–Kier alpha value is -3.97. The summed E-state index contributed by atoms with van der Waals surface area (Å²) < 4.78 is 86.1. The fourth-order valence-corrected chi connectivity index (χ4v) is 4.42. The molecule has 37 heavy (non-hydrogen) atoms. The van der Waals surface area contributed by atoms with Crippen molar-refractivity contribution in [2.75, 3.05) is 38.9 Å². The van der Waals surface area contributed by atoms with Gasteiger partial charge in [-0.05, 0) is 30.2 Å². The number of aromatic nitrogens is 6. The molecule has 4 aromatic rings. The number of likely N-dealkylation sites (tertiary alicyclic amines) is 1. The number of carbonyl (C=O) groups is 1. The predicted molar refractivity (Wildman–Crippen MR) is 126 cm³/mol. The molecule has 1 atom stereocenters. The Kier molecular flexibility index (Phi) is 5.42. The summed E-state index contributed by atoms with van der Waals surface area (Å²) in [7, 11) is 1.35. The van der Waals surface area contributed by atoms with E-state index in [1.165, 1.54) is 16.3 Å². The zero-order chi connectivity index (χ0) is 28.8. The molecule has 1 amide bonds. The van der Waals surface area contributed by atoms with Crippen molar-refractivity contribution in [2.24, 2.45) is 0 Å². The first-order valence-corrected chi connectivity index (χ1v) is 11.3. The Morgan fingerprint density at radius 1 is 1.32 bits per heavy atom. The van der Waals surface area contributed by atoms with Crippen LogP contribution < -0.4 is 10.1 Å². The van der Waals surface area contributed by atoms with Gasteiger partial charge >= 0.3 is 0 Å². The summed E-state index contributed by atoms with van der Waals surface area (Å²) in [5.41, 5.74) is 2.48. The number of rotatable bonds is 7. The van der Waals surface area contributed by atoms with Gasteiger partial charge in [-0.25, -0.2) is 26.8 Å². The molecule has 1 fully saturated rings. The van der Waals surface area contributed by atoms with Crippen LogP contribution >= 0.6 is 0 Å². The van der Waals surface area contributed by atoms with E-state index in [4.69, 9.17) is 8.85 Å². The summed E-state index contributed by atoms with van der Waals surface area (Å²) in [4.78, 5) is 16.9. The minimum absolute atomic E-state index is 0.0629. The van der Waals surface area contributed by atoms with E-state index in [0.717, 1.165) is 0 Å². The molecule has 1 aromatic carbocycles. The average molecular weight is 524 g/mol. The third-order valence-electron chi connectivity index (χ3n) is 6.35. The molecule has 0 aliphatic carbocycles. The Morgan fingerprint density at radius 3 is 2.84 bits per heavy atom. The maximum Gasteiger partial charge on any atom is 0.285 e. The second-order valence-corrected chi connectivity index (χ2v) is 8.64. The van der Waals surface area contributed by atoms with Crippen LogP contribution in [0.1, 0.15) is 23.4 Å². The molecule has 196 valence electrons. The van der Waals surface area contributed by atoms with Crippen molar-refractivity contribution in [3.05, 3.63) is 30.5 Å². The highest BCUT2D eigenvalue weighted by atomic mass is 19.3. The Balaban J connectivity index is 1.45. The van der Waals surface area contributed by atoms with Crippen molar-refractivity contribution in [1.82, 2.24) is 34.5 Å². The van der Waals surface area contributed by atoms with Gasteiger partial charge in [0.25, 0.3) is 5.92 Å². The van der Waals surface area contributed by atoms with Crippen molar-refractivity contribution in [2.45, 2.75) is 31.3 Å². The van der Waals surface area contributed by atoms with E-state index in [9.17, 15) is 22.4 Å². The summed E-state index contributed by atoms with van der Waals surface area (Å²) >= 11 is 0. The summed E-state index contributed by atoms with van der Waals surface area (Å²) in [5.74, 6) is -4.89. The zero-order valence-electron chi connectivity index (χ0n) is 22.5. The molecule has 1 aliphatic heterocycles. The molecule has 0 spiro atoms. The van der Waals surface area contributed by atoms with Gasteiger partial charge in [-0.2, -0.15) is 4.98 Å². The van der Waals surface area contributed by atoms with E-state index >= 15 is 0 Å². The first-order chi connectivity index (χ1) is 19.0. The monoisotopic (exact) mass is 523 g/mol. The van der Waals surface area contributed by atoms with Gasteiger partial charge in [0.05, 0.1) is 25.2 Å². The van der Waals surface area contributed by atoms with Gasteiger partial charge < -0.3 is 15.0 Å². The number of amides is 1. The van der Waals surface area contributed by atoms with Crippen molar-refractivity contribution in [1.29, 1.82) is 0 Å². The molecule has 1 N–H and O–H groups in total. The molecule has 0 bridgehead atoms. The molecule has 1 aliphatic rings. The molecule has 14 heteroatoms. The third kappa shape index (κ3) is 4.40. The molecular formula is C23H24F4N8O2. The van der Waals surface area contributed by atoms with Crippen LogP contribution in [-0.2, 0) is 4.79 Å². The Labute approximate surface area is 212 Å². The zero-order valence-corrected chi connectivity index (χ0v) is 19.5. The van der Waals surface area contributed by atoms with Crippen LogP contribution in [0.5, 0.6) is 5.88 Å². The summed E-state index contributed by atoms with van der Waals surface area (Å²) in [6, 6.07) is 4.16. The number of anilines is 1. The fraction of sp³-hybridized carbons (Fsp3) is 0.435. The van der Waals surface area contributed by atoms with Crippen LogP contribution in [0.15, 0.2) is 30.5 Å². The Bertz CT molecular complexity index is 1560. The molecule has 3 aromatic heterocycles. The smallest absolute Gasteiger partial charge is 0.285 e. The summed E-state index contributed by atoms with van der Waals surface area (Å²) in [5, 5.41) is 14.7. The molecule has 1 saturated heterocycles. The quantitative estimate of drug-likeness (QED) is 0.371. The maximum atomic E-state index is 14.9. The van der Waals surface area contributed by atoms with Gasteiger partial charge in [0.2, 0.25) is 17.7 Å². The van der Waals surface area contributed by atoms with E-state index in [1.54, 1.807) is 30.5 Å². The number of fused-ring (bicyclic) bond motifs is 2. The number of nitrogens with one attached hydrogen (secondary N) is 1.